The predicted octanol–water partition coefficient (Wildman–Crippen LogP) is 2.57. The highest BCUT2D eigenvalue weighted by Gasteiger charge is 2.11. The fourth-order valence-corrected chi connectivity index (χ4v) is 2.67. The van der Waals surface area contributed by atoms with Crippen LogP contribution in [0, 0.1) is 5.82 Å². The minimum Gasteiger partial charge on any atom is -0.494 e. The van der Waals surface area contributed by atoms with E-state index in [0.717, 1.165) is 31.9 Å². The molecule has 1 saturated heterocycles. The fraction of sp³-hybridized carbons (Fsp3) is 0.294. The zero-order valence-corrected chi connectivity index (χ0v) is 13.1. The van der Waals surface area contributed by atoms with Crippen molar-refractivity contribution in [3.8, 4) is 5.75 Å². The molecule has 6 heteroatoms. The second-order valence-corrected chi connectivity index (χ2v) is 5.48. The van der Waals surface area contributed by atoms with Gasteiger partial charge >= 0.3 is 0 Å². The number of benzene rings is 2. The average Bonchev–Trinajstić information content (AvgIpc) is 2.59. The third-order valence-electron chi connectivity index (χ3n) is 3.95. The quantitative estimate of drug-likeness (QED) is 0.757. The molecule has 1 fully saturated rings. The Hall–Kier alpha value is -2.47. The number of nitrogen functional groups attached to an aromatic ring is 1. The van der Waals surface area contributed by atoms with E-state index < -0.39 is 5.82 Å². The van der Waals surface area contributed by atoms with Crippen LogP contribution < -0.4 is 26.0 Å². The lowest BCUT2D eigenvalue weighted by Gasteiger charge is -2.29. The molecule has 1 aliphatic heterocycles. The van der Waals surface area contributed by atoms with Gasteiger partial charge in [0.2, 0.25) is 0 Å². The van der Waals surface area contributed by atoms with E-state index >= 15 is 0 Å². The van der Waals surface area contributed by atoms with Crippen molar-refractivity contribution >= 4 is 22.7 Å². The summed E-state index contributed by atoms with van der Waals surface area (Å²) in [6, 6.07) is 11.0. The van der Waals surface area contributed by atoms with Gasteiger partial charge in [-0.3, -0.25) is 0 Å². The van der Waals surface area contributed by atoms with Crippen LogP contribution in [0.25, 0.3) is 0 Å². The number of methoxy groups -OCH3 is 1. The van der Waals surface area contributed by atoms with Crippen LogP contribution in [0.5, 0.6) is 5.75 Å². The first kappa shape index (κ1) is 15.4. The maximum Gasteiger partial charge on any atom is 0.167 e. The van der Waals surface area contributed by atoms with Crippen molar-refractivity contribution in [1.29, 1.82) is 0 Å². The minimum absolute atomic E-state index is 0.166. The van der Waals surface area contributed by atoms with Crippen LogP contribution in [-0.4, -0.2) is 33.3 Å². The Labute approximate surface area is 135 Å². The monoisotopic (exact) mass is 316 g/mol. The highest BCUT2D eigenvalue weighted by Crippen LogP contribution is 2.31. The highest BCUT2D eigenvalue weighted by molar-refractivity contribution is 5.75. The lowest BCUT2D eigenvalue weighted by molar-refractivity contribution is 0.387. The zero-order valence-electron chi connectivity index (χ0n) is 13.1. The molecule has 23 heavy (non-hydrogen) atoms. The first-order valence-corrected chi connectivity index (χ1v) is 7.63. The molecule has 0 radical (unpaired) electrons. The number of ether oxygens (including phenoxy) is 1. The number of nitrogens with zero attached hydrogens (tertiary/aromatic N) is 1. The molecular formula is C17H21FN4O. The van der Waals surface area contributed by atoms with E-state index in [2.05, 4.69) is 27.7 Å². The maximum atomic E-state index is 13.6. The number of piperazine rings is 1. The molecule has 0 aliphatic carbocycles. The largest absolute Gasteiger partial charge is 0.494 e. The van der Waals surface area contributed by atoms with Gasteiger partial charge in [0.15, 0.2) is 11.6 Å². The molecule has 0 unspecified atom stereocenters. The van der Waals surface area contributed by atoms with Crippen LogP contribution in [0.3, 0.4) is 0 Å². The van der Waals surface area contributed by atoms with Crippen LogP contribution >= 0.6 is 0 Å². The van der Waals surface area contributed by atoms with Crippen molar-refractivity contribution in [2.24, 2.45) is 0 Å². The Morgan fingerprint density at radius 1 is 1.17 bits per heavy atom. The van der Waals surface area contributed by atoms with Crippen LogP contribution in [-0.2, 0) is 0 Å². The number of hydrogen-bond acceptors (Lipinski definition) is 5. The summed E-state index contributed by atoms with van der Waals surface area (Å²) in [5.41, 5.74) is 8.92. The molecule has 1 heterocycles. The normalized spacial score (nSPS) is 14.6. The molecule has 4 N–H and O–H groups in total. The molecule has 0 spiro atoms. The molecule has 122 valence electrons. The van der Waals surface area contributed by atoms with E-state index in [1.807, 2.05) is 12.1 Å². The van der Waals surface area contributed by atoms with Gasteiger partial charge in [-0.15, -0.1) is 0 Å². The van der Waals surface area contributed by atoms with E-state index in [9.17, 15) is 4.39 Å². The molecule has 3 rings (SSSR count). The van der Waals surface area contributed by atoms with Gasteiger partial charge in [-0.05, 0) is 24.3 Å². The first-order chi connectivity index (χ1) is 11.2. The van der Waals surface area contributed by atoms with Crippen molar-refractivity contribution < 1.29 is 9.13 Å². The fourth-order valence-electron chi connectivity index (χ4n) is 2.67. The molecular weight excluding hydrogens is 295 g/mol. The lowest BCUT2D eigenvalue weighted by Crippen LogP contribution is -2.43. The second kappa shape index (κ2) is 6.75. The Balaban J connectivity index is 1.75. The molecule has 2 aromatic rings. The zero-order chi connectivity index (χ0) is 16.2. The van der Waals surface area contributed by atoms with Gasteiger partial charge in [0.25, 0.3) is 0 Å². The standard InChI is InChI=1S/C17H21FN4O/c1-23-17-11-16(15(19)10-14(17)18)21-12-2-4-13(5-3-12)22-8-6-20-7-9-22/h2-5,10-11,20-21H,6-9,19H2,1H3. The summed E-state index contributed by atoms with van der Waals surface area (Å²) in [6.07, 6.45) is 0. The Morgan fingerprint density at radius 2 is 1.87 bits per heavy atom. The predicted molar refractivity (Wildman–Crippen MR) is 92.2 cm³/mol. The lowest BCUT2D eigenvalue weighted by atomic mass is 10.2. The molecule has 0 saturated carbocycles. The summed E-state index contributed by atoms with van der Waals surface area (Å²) >= 11 is 0. The smallest absolute Gasteiger partial charge is 0.167 e. The van der Waals surface area contributed by atoms with Gasteiger partial charge in [0.05, 0.1) is 18.5 Å². The highest BCUT2D eigenvalue weighted by atomic mass is 19.1. The molecule has 5 nitrogen and oxygen atoms in total. The summed E-state index contributed by atoms with van der Waals surface area (Å²) < 4.78 is 18.6. The molecule has 0 bridgehead atoms. The Morgan fingerprint density at radius 3 is 2.52 bits per heavy atom. The number of halogens is 1. The van der Waals surface area contributed by atoms with Crippen molar-refractivity contribution in [2.45, 2.75) is 0 Å². The number of rotatable bonds is 4. The van der Waals surface area contributed by atoms with E-state index in [1.54, 1.807) is 6.07 Å². The number of nitrogens with one attached hydrogen (secondary N) is 2. The number of hydrogen-bond donors (Lipinski definition) is 3. The molecule has 0 amide bonds. The summed E-state index contributed by atoms with van der Waals surface area (Å²) in [5.74, 6) is -0.302. The molecule has 0 atom stereocenters. The number of anilines is 4. The average molecular weight is 316 g/mol. The minimum atomic E-state index is -0.468. The second-order valence-electron chi connectivity index (χ2n) is 5.48. The third kappa shape index (κ3) is 3.48. The van der Waals surface area contributed by atoms with Gasteiger partial charge in [-0.2, -0.15) is 0 Å². The van der Waals surface area contributed by atoms with E-state index in [4.69, 9.17) is 10.5 Å². The summed E-state index contributed by atoms with van der Waals surface area (Å²) in [6.45, 7) is 4.03. The van der Waals surface area contributed by atoms with Crippen molar-refractivity contribution in [1.82, 2.24) is 5.32 Å². The van der Waals surface area contributed by atoms with Crippen LogP contribution in [0.15, 0.2) is 36.4 Å². The van der Waals surface area contributed by atoms with Gasteiger partial charge in [-0.25, -0.2) is 4.39 Å². The summed E-state index contributed by atoms with van der Waals surface area (Å²) in [5, 5.41) is 6.54. The maximum absolute atomic E-state index is 13.6. The van der Waals surface area contributed by atoms with Gasteiger partial charge in [-0.1, -0.05) is 0 Å². The van der Waals surface area contributed by atoms with Crippen molar-refractivity contribution in [3.05, 3.63) is 42.2 Å². The van der Waals surface area contributed by atoms with Gasteiger partial charge in [0.1, 0.15) is 0 Å². The van der Waals surface area contributed by atoms with E-state index in [-0.39, 0.29) is 5.75 Å². The van der Waals surface area contributed by atoms with Crippen LogP contribution in [0.1, 0.15) is 0 Å². The van der Waals surface area contributed by atoms with Crippen LogP contribution in [0.4, 0.5) is 27.1 Å². The van der Waals surface area contributed by atoms with Gasteiger partial charge < -0.3 is 26.0 Å². The van der Waals surface area contributed by atoms with E-state index in [1.165, 1.54) is 18.9 Å². The summed E-state index contributed by atoms with van der Waals surface area (Å²) in [4.78, 5) is 2.34. The SMILES string of the molecule is COc1cc(Nc2ccc(N3CCNCC3)cc2)c(N)cc1F. The Kier molecular flexibility index (Phi) is 4.52. The third-order valence-corrected chi connectivity index (χ3v) is 3.95. The van der Waals surface area contributed by atoms with E-state index in [0.29, 0.717) is 11.4 Å². The van der Waals surface area contributed by atoms with Crippen LogP contribution in [0.2, 0.25) is 0 Å². The molecule has 2 aromatic carbocycles. The molecule has 1 aliphatic rings. The first-order valence-electron chi connectivity index (χ1n) is 7.63. The summed E-state index contributed by atoms with van der Waals surface area (Å²) in [7, 11) is 1.43. The Bertz CT molecular complexity index is 669. The van der Waals surface area contributed by atoms with Gasteiger partial charge in [0, 0.05) is 49.7 Å². The number of nitrogens with two attached hydrogens (primary N) is 1. The topological polar surface area (TPSA) is 62.5 Å². The van der Waals surface area contributed by atoms with Crippen molar-refractivity contribution in [3.63, 3.8) is 0 Å². The molecule has 0 aromatic heterocycles. The van der Waals surface area contributed by atoms with Crippen molar-refractivity contribution in [2.75, 3.05) is 49.2 Å².